The Kier molecular flexibility index (Phi) is 3.42. The lowest BCUT2D eigenvalue weighted by molar-refractivity contribution is -0.275. The number of hydrogen-bond acceptors (Lipinski definition) is 3. The average Bonchev–Trinajstić information content (AvgIpc) is 2.29. The van der Waals surface area contributed by atoms with Gasteiger partial charge >= 0.3 is 6.36 Å². The van der Waals surface area contributed by atoms with Crippen molar-refractivity contribution in [2.24, 2.45) is 0 Å². The van der Waals surface area contributed by atoms with Gasteiger partial charge < -0.3 is 15.4 Å². The second-order valence-electron chi connectivity index (χ2n) is 3.76. The molecule has 0 bridgehead atoms. The van der Waals surface area contributed by atoms with E-state index >= 15 is 0 Å². The number of rotatable bonds is 2. The Morgan fingerprint density at radius 3 is 2.61 bits per heavy atom. The molecule has 2 N–H and O–H groups in total. The van der Waals surface area contributed by atoms with Crippen LogP contribution in [0.4, 0.5) is 13.2 Å². The van der Waals surface area contributed by atoms with Crippen LogP contribution < -0.4 is 15.4 Å². The third-order valence-corrected chi connectivity index (χ3v) is 2.49. The minimum atomic E-state index is -4.78. The number of carbonyl (C=O) groups excluding carboxylic acids is 1. The third kappa shape index (κ3) is 2.92. The van der Waals surface area contributed by atoms with Gasteiger partial charge in [-0.3, -0.25) is 4.79 Å². The molecule has 1 atom stereocenters. The monoisotopic (exact) mass is 260 g/mol. The highest BCUT2D eigenvalue weighted by Crippen LogP contribution is 2.30. The van der Waals surface area contributed by atoms with Gasteiger partial charge in [-0.05, 0) is 6.07 Å². The zero-order valence-corrected chi connectivity index (χ0v) is 9.25. The van der Waals surface area contributed by atoms with Crippen molar-refractivity contribution >= 4 is 5.91 Å². The van der Waals surface area contributed by atoms with E-state index in [0.717, 1.165) is 0 Å². The van der Waals surface area contributed by atoms with E-state index in [9.17, 15) is 18.0 Å². The lowest BCUT2D eigenvalue weighted by Gasteiger charge is -2.25. The van der Waals surface area contributed by atoms with Crippen LogP contribution in [0.1, 0.15) is 11.6 Å². The number of ether oxygens (including phenoxy) is 1. The highest BCUT2D eigenvalue weighted by Gasteiger charge is 2.34. The zero-order chi connectivity index (χ0) is 13.2. The van der Waals surface area contributed by atoms with Crippen LogP contribution in [0.15, 0.2) is 24.3 Å². The molecule has 2 rings (SSSR count). The highest BCUT2D eigenvalue weighted by atomic mass is 19.4. The molecule has 1 aliphatic heterocycles. The van der Waals surface area contributed by atoms with E-state index in [1.54, 1.807) is 6.07 Å². The van der Waals surface area contributed by atoms with Gasteiger partial charge in [-0.2, -0.15) is 0 Å². The van der Waals surface area contributed by atoms with E-state index in [4.69, 9.17) is 0 Å². The Labute approximate surface area is 101 Å². The van der Waals surface area contributed by atoms with Crippen LogP contribution >= 0.6 is 0 Å². The molecule has 1 aromatic rings. The Bertz CT molecular complexity index is 448. The smallest absolute Gasteiger partial charge is 0.405 e. The molecule has 0 saturated carbocycles. The van der Waals surface area contributed by atoms with Crippen LogP contribution in [0.3, 0.4) is 0 Å². The van der Waals surface area contributed by atoms with Crippen LogP contribution in [0.25, 0.3) is 0 Å². The maximum absolute atomic E-state index is 12.2. The minimum absolute atomic E-state index is 0.173. The molecule has 1 fully saturated rings. The SMILES string of the molecule is O=C1NCCNC1c1ccccc1OC(F)(F)F. The standard InChI is InChI=1S/C11H11F3N2O2/c12-11(13,14)18-8-4-2-1-3-7(8)9-10(17)16-6-5-15-9/h1-4,9,15H,5-6H2,(H,16,17). The second-order valence-corrected chi connectivity index (χ2v) is 3.76. The van der Waals surface area contributed by atoms with Gasteiger partial charge in [0.15, 0.2) is 0 Å². The van der Waals surface area contributed by atoms with Crippen molar-refractivity contribution in [2.45, 2.75) is 12.4 Å². The lowest BCUT2D eigenvalue weighted by Crippen LogP contribution is -2.47. The molecule has 98 valence electrons. The maximum atomic E-state index is 12.2. The molecular formula is C11H11F3N2O2. The van der Waals surface area contributed by atoms with Gasteiger partial charge in [0.25, 0.3) is 0 Å². The van der Waals surface area contributed by atoms with Crippen LogP contribution in [-0.4, -0.2) is 25.4 Å². The normalized spacial score (nSPS) is 20.4. The molecule has 1 saturated heterocycles. The Morgan fingerprint density at radius 2 is 1.94 bits per heavy atom. The van der Waals surface area contributed by atoms with Crippen molar-refractivity contribution in [1.29, 1.82) is 0 Å². The van der Waals surface area contributed by atoms with Crippen LogP contribution in [-0.2, 0) is 4.79 Å². The summed E-state index contributed by atoms with van der Waals surface area (Å²) in [6.45, 7) is 0.953. The molecule has 1 unspecified atom stereocenters. The summed E-state index contributed by atoms with van der Waals surface area (Å²) in [5.41, 5.74) is 0.173. The summed E-state index contributed by atoms with van der Waals surface area (Å²) >= 11 is 0. The molecule has 0 radical (unpaired) electrons. The van der Waals surface area contributed by atoms with Crippen molar-refractivity contribution < 1.29 is 22.7 Å². The van der Waals surface area contributed by atoms with E-state index in [1.807, 2.05) is 0 Å². The number of piperazine rings is 1. The Balaban J connectivity index is 2.29. The first-order valence-electron chi connectivity index (χ1n) is 5.33. The van der Waals surface area contributed by atoms with E-state index in [-0.39, 0.29) is 17.2 Å². The Hall–Kier alpha value is -1.76. The fraction of sp³-hybridized carbons (Fsp3) is 0.364. The number of alkyl halides is 3. The summed E-state index contributed by atoms with van der Waals surface area (Å²) in [6, 6.07) is 4.78. The predicted molar refractivity (Wildman–Crippen MR) is 56.9 cm³/mol. The van der Waals surface area contributed by atoms with Gasteiger partial charge in [-0.1, -0.05) is 18.2 Å². The molecule has 7 heteroatoms. The van der Waals surface area contributed by atoms with Gasteiger partial charge in [0.1, 0.15) is 11.8 Å². The van der Waals surface area contributed by atoms with E-state index in [2.05, 4.69) is 15.4 Å². The van der Waals surface area contributed by atoms with E-state index in [1.165, 1.54) is 18.2 Å². The number of hydrogen-bond donors (Lipinski definition) is 2. The summed E-state index contributed by atoms with van der Waals surface area (Å²) in [5.74, 6) is -0.723. The number of carbonyl (C=O) groups is 1. The topological polar surface area (TPSA) is 50.4 Å². The van der Waals surface area contributed by atoms with E-state index < -0.39 is 12.4 Å². The molecule has 0 spiro atoms. The molecule has 0 aliphatic carbocycles. The summed E-state index contributed by atoms with van der Waals surface area (Å²) < 4.78 is 40.6. The van der Waals surface area contributed by atoms with Crippen LogP contribution in [0, 0.1) is 0 Å². The third-order valence-electron chi connectivity index (χ3n) is 2.49. The van der Waals surface area contributed by atoms with Crippen molar-refractivity contribution in [3.8, 4) is 5.75 Å². The van der Waals surface area contributed by atoms with Crippen molar-refractivity contribution in [1.82, 2.24) is 10.6 Å². The van der Waals surface area contributed by atoms with Gasteiger partial charge in [0, 0.05) is 18.7 Å². The second kappa shape index (κ2) is 4.85. The summed E-state index contributed by atoms with van der Waals surface area (Å²) in [4.78, 5) is 11.6. The first kappa shape index (κ1) is 12.7. The first-order valence-corrected chi connectivity index (χ1v) is 5.33. The molecule has 1 amide bonds. The average molecular weight is 260 g/mol. The van der Waals surface area contributed by atoms with Crippen molar-refractivity contribution in [3.05, 3.63) is 29.8 Å². The van der Waals surface area contributed by atoms with Crippen LogP contribution in [0.2, 0.25) is 0 Å². The van der Waals surface area contributed by atoms with Gasteiger partial charge in [-0.15, -0.1) is 13.2 Å². The number of halogens is 3. The molecule has 18 heavy (non-hydrogen) atoms. The molecule has 1 heterocycles. The maximum Gasteiger partial charge on any atom is 0.573 e. The summed E-state index contributed by atoms with van der Waals surface area (Å²) in [7, 11) is 0. The van der Waals surface area contributed by atoms with Gasteiger partial charge in [0.2, 0.25) is 5.91 Å². The minimum Gasteiger partial charge on any atom is -0.405 e. The molecule has 1 aromatic carbocycles. The molecular weight excluding hydrogens is 249 g/mol. The van der Waals surface area contributed by atoms with Crippen LogP contribution in [0.5, 0.6) is 5.75 Å². The number of para-hydroxylation sites is 1. The van der Waals surface area contributed by atoms with Gasteiger partial charge in [0.05, 0.1) is 0 Å². The largest absolute Gasteiger partial charge is 0.573 e. The number of amides is 1. The zero-order valence-electron chi connectivity index (χ0n) is 9.25. The summed E-state index contributed by atoms with van der Waals surface area (Å²) in [6.07, 6.45) is -4.78. The number of benzene rings is 1. The van der Waals surface area contributed by atoms with Gasteiger partial charge in [-0.25, -0.2) is 0 Å². The highest BCUT2D eigenvalue weighted by molar-refractivity contribution is 5.84. The summed E-state index contributed by atoms with van der Waals surface area (Å²) in [5, 5.41) is 5.43. The van der Waals surface area contributed by atoms with E-state index in [0.29, 0.717) is 13.1 Å². The first-order chi connectivity index (χ1) is 8.47. The predicted octanol–water partition coefficient (Wildman–Crippen LogP) is 1.35. The fourth-order valence-corrected chi connectivity index (χ4v) is 1.78. The number of nitrogens with one attached hydrogen (secondary N) is 2. The molecule has 0 aromatic heterocycles. The van der Waals surface area contributed by atoms with Crippen molar-refractivity contribution in [3.63, 3.8) is 0 Å². The van der Waals surface area contributed by atoms with Crippen molar-refractivity contribution in [2.75, 3.05) is 13.1 Å². The molecule has 1 aliphatic rings. The molecule has 4 nitrogen and oxygen atoms in total. The quantitative estimate of drug-likeness (QED) is 0.843. The lowest BCUT2D eigenvalue weighted by atomic mass is 10.0. The fourth-order valence-electron chi connectivity index (χ4n) is 1.78. The Morgan fingerprint density at radius 1 is 1.22 bits per heavy atom.